The molecule has 0 radical (unpaired) electrons. The molecule has 0 aromatic carbocycles. The van der Waals surface area contributed by atoms with Gasteiger partial charge in [-0.25, -0.2) is 0 Å². The molecule has 0 rings (SSSR count). The maximum Gasteiger partial charge on any atom is 0.305 e. The van der Waals surface area contributed by atoms with E-state index in [2.05, 4.69) is 23.8 Å². The fourth-order valence-electron chi connectivity index (χ4n) is 3.33. The Morgan fingerprint density at radius 2 is 1.00 bits per heavy atom. The van der Waals surface area contributed by atoms with Crippen molar-refractivity contribution in [3.05, 3.63) is 12.2 Å². The first kappa shape index (κ1) is 25.2. The summed E-state index contributed by atoms with van der Waals surface area (Å²) in [4.78, 5) is 11.0. The second-order valence-corrected chi connectivity index (χ2v) is 7.68. The Balaban J connectivity index is 3.08. The minimum absolute atomic E-state index is 0.0674. The highest BCUT2D eigenvalue weighted by Gasteiger charge is 1.99. The van der Waals surface area contributed by atoms with Gasteiger partial charge in [-0.1, -0.05) is 103 Å². The molecule has 0 fully saturated rings. The van der Waals surface area contributed by atoms with E-state index in [-0.39, 0.29) is 5.97 Å². The lowest BCUT2D eigenvalue weighted by Gasteiger charge is -2.02. The molecule has 0 saturated heterocycles. The molecule has 0 saturated carbocycles. The topological polar surface area (TPSA) is 26.3 Å². The summed E-state index contributed by atoms with van der Waals surface area (Å²) in [5.41, 5.74) is 0. The van der Waals surface area contributed by atoms with Crippen molar-refractivity contribution in [1.29, 1.82) is 0 Å². The average molecular weight is 367 g/mol. The Labute approximate surface area is 164 Å². The van der Waals surface area contributed by atoms with Gasteiger partial charge in [-0.05, 0) is 32.1 Å². The molecule has 0 spiro atoms. The molecule has 0 aromatic rings. The van der Waals surface area contributed by atoms with Crippen LogP contribution in [0, 0.1) is 0 Å². The smallest absolute Gasteiger partial charge is 0.305 e. The molecular formula is C24H46O2. The van der Waals surface area contributed by atoms with Crippen LogP contribution in [0.3, 0.4) is 0 Å². The lowest BCUT2D eigenvalue weighted by molar-refractivity contribution is -0.140. The van der Waals surface area contributed by atoms with Gasteiger partial charge >= 0.3 is 5.97 Å². The van der Waals surface area contributed by atoms with Crippen LogP contribution in [0.25, 0.3) is 0 Å². The molecule has 0 N–H and O–H groups in total. The molecule has 0 heterocycles. The second-order valence-electron chi connectivity index (χ2n) is 7.68. The van der Waals surface area contributed by atoms with Crippen molar-refractivity contribution in [2.75, 3.05) is 7.11 Å². The Kier molecular flexibility index (Phi) is 21.6. The van der Waals surface area contributed by atoms with E-state index >= 15 is 0 Å². The van der Waals surface area contributed by atoms with Gasteiger partial charge in [-0.2, -0.15) is 0 Å². The molecule has 154 valence electrons. The van der Waals surface area contributed by atoms with Crippen LogP contribution < -0.4 is 0 Å². The van der Waals surface area contributed by atoms with Crippen LogP contribution in [0.4, 0.5) is 0 Å². The third-order valence-electron chi connectivity index (χ3n) is 5.12. The van der Waals surface area contributed by atoms with Gasteiger partial charge in [0.1, 0.15) is 0 Å². The van der Waals surface area contributed by atoms with Crippen LogP contribution in [-0.4, -0.2) is 13.1 Å². The number of allylic oxidation sites excluding steroid dienone is 2. The van der Waals surface area contributed by atoms with Crippen LogP contribution in [0.15, 0.2) is 12.2 Å². The lowest BCUT2D eigenvalue weighted by Crippen LogP contribution is -1.99. The average Bonchev–Trinajstić information content (AvgIpc) is 2.66. The van der Waals surface area contributed by atoms with Crippen molar-refractivity contribution >= 4 is 5.97 Å². The summed E-state index contributed by atoms with van der Waals surface area (Å²) < 4.78 is 4.65. The van der Waals surface area contributed by atoms with Crippen LogP contribution >= 0.6 is 0 Å². The maximum absolute atomic E-state index is 11.0. The van der Waals surface area contributed by atoms with Gasteiger partial charge < -0.3 is 4.74 Å². The van der Waals surface area contributed by atoms with Gasteiger partial charge in [0.15, 0.2) is 0 Å². The van der Waals surface area contributed by atoms with Crippen molar-refractivity contribution in [2.45, 2.75) is 129 Å². The standard InChI is InChI=1S/C24H46O2/c1-3-4-5-6-7-8-9-10-11-12-13-14-15-16-17-18-19-20-21-22-23-24(25)26-2/h10-11H,3-9,12-23H2,1-2H3/b11-10+. The largest absolute Gasteiger partial charge is 0.469 e. The summed E-state index contributed by atoms with van der Waals surface area (Å²) in [7, 11) is 1.47. The van der Waals surface area contributed by atoms with Gasteiger partial charge in [-0.15, -0.1) is 0 Å². The lowest BCUT2D eigenvalue weighted by atomic mass is 10.0. The third kappa shape index (κ3) is 21.3. The van der Waals surface area contributed by atoms with E-state index in [9.17, 15) is 4.79 Å². The highest BCUT2D eigenvalue weighted by atomic mass is 16.5. The van der Waals surface area contributed by atoms with Crippen LogP contribution in [0.1, 0.15) is 129 Å². The van der Waals surface area contributed by atoms with Gasteiger partial charge in [-0.3, -0.25) is 4.79 Å². The molecule has 26 heavy (non-hydrogen) atoms. The summed E-state index contributed by atoms with van der Waals surface area (Å²) >= 11 is 0. The number of unbranched alkanes of at least 4 members (excludes halogenated alkanes) is 16. The molecule has 0 bridgehead atoms. The Hall–Kier alpha value is -0.790. The Morgan fingerprint density at radius 1 is 0.615 bits per heavy atom. The summed E-state index contributed by atoms with van der Waals surface area (Å²) in [6.07, 6.45) is 29.4. The van der Waals surface area contributed by atoms with E-state index in [1.165, 1.54) is 116 Å². The predicted molar refractivity (Wildman–Crippen MR) is 115 cm³/mol. The van der Waals surface area contributed by atoms with Crippen LogP contribution in [0.2, 0.25) is 0 Å². The van der Waals surface area contributed by atoms with E-state index in [1.54, 1.807) is 0 Å². The van der Waals surface area contributed by atoms with E-state index < -0.39 is 0 Å². The molecule has 0 unspecified atom stereocenters. The van der Waals surface area contributed by atoms with E-state index in [0.717, 1.165) is 6.42 Å². The summed E-state index contributed by atoms with van der Waals surface area (Å²) in [5, 5.41) is 0. The number of methoxy groups -OCH3 is 1. The van der Waals surface area contributed by atoms with Crippen molar-refractivity contribution in [1.82, 2.24) is 0 Å². The highest BCUT2D eigenvalue weighted by molar-refractivity contribution is 5.68. The van der Waals surface area contributed by atoms with Gasteiger partial charge in [0.2, 0.25) is 0 Å². The van der Waals surface area contributed by atoms with E-state index in [4.69, 9.17) is 0 Å². The Bertz CT molecular complexity index is 309. The zero-order chi connectivity index (χ0) is 19.1. The first-order chi connectivity index (χ1) is 12.8. The van der Waals surface area contributed by atoms with E-state index in [0.29, 0.717) is 6.42 Å². The maximum atomic E-state index is 11.0. The monoisotopic (exact) mass is 366 g/mol. The SMILES string of the molecule is CCCCCCCC/C=C/CCCCCCCCCCCCC(=O)OC. The number of hydrogen-bond acceptors (Lipinski definition) is 2. The number of ether oxygens (including phenoxy) is 1. The van der Waals surface area contributed by atoms with Crippen molar-refractivity contribution in [2.24, 2.45) is 0 Å². The normalized spacial score (nSPS) is 11.3. The number of hydrogen-bond donors (Lipinski definition) is 0. The Morgan fingerprint density at radius 3 is 1.42 bits per heavy atom. The van der Waals surface area contributed by atoms with Crippen LogP contribution in [-0.2, 0) is 9.53 Å². The molecule has 0 atom stereocenters. The van der Waals surface area contributed by atoms with Crippen molar-refractivity contribution in [3.63, 3.8) is 0 Å². The minimum Gasteiger partial charge on any atom is -0.469 e. The molecule has 0 amide bonds. The molecular weight excluding hydrogens is 320 g/mol. The number of carbonyl (C=O) groups excluding carboxylic acids is 1. The zero-order valence-corrected chi connectivity index (χ0v) is 17.9. The number of carbonyl (C=O) groups is 1. The van der Waals surface area contributed by atoms with Crippen molar-refractivity contribution < 1.29 is 9.53 Å². The summed E-state index contributed by atoms with van der Waals surface area (Å²) in [5.74, 6) is -0.0674. The molecule has 0 aliphatic rings. The minimum atomic E-state index is -0.0674. The van der Waals surface area contributed by atoms with Crippen molar-refractivity contribution in [3.8, 4) is 0 Å². The van der Waals surface area contributed by atoms with Gasteiger partial charge in [0, 0.05) is 6.42 Å². The van der Waals surface area contributed by atoms with Crippen LogP contribution in [0.5, 0.6) is 0 Å². The number of esters is 1. The van der Waals surface area contributed by atoms with Gasteiger partial charge in [0.05, 0.1) is 7.11 Å². The second kappa shape index (κ2) is 22.3. The zero-order valence-electron chi connectivity index (χ0n) is 17.9. The van der Waals surface area contributed by atoms with Gasteiger partial charge in [0.25, 0.3) is 0 Å². The number of rotatable bonds is 20. The predicted octanol–water partition coefficient (Wildman–Crippen LogP) is 8.15. The fourth-order valence-corrected chi connectivity index (χ4v) is 3.33. The highest BCUT2D eigenvalue weighted by Crippen LogP contribution is 2.12. The van der Waals surface area contributed by atoms with E-state index in [1.807, 2.05) is 0 Å². The quantitative estimate of drug-likeness (QED) is 0.123. The molecule has 0 aliphatic carbocycles. The first-order valence-electron chi connectivity index (χ1n) is 11.5. The first-order valence-corrected chi connectivity index (χ1v) is 11.5. The summed E-state index contributed by atoms with van der Waals surface area (Å²) in [6, 6.07) is 0. The molecule has 2 heteroatoms. The molecule has 0 aliphatic heterocycles. The summed E-state index contributed by atoms with van der Waals surface area (Å²) in [6.45, 7) is 2.28. The third-order valence-corrected chi connectivity index (χ3v) is 5.12. The molecule has 2 nitrogen and oxygen atoms in total. The molecule has 0 aromatic heterocycles. The fraction of sp³-hybridized carbons (Fsp3) is 0.875.